The predicted octanol–water partition coefficient (Wildman–Crippen LogP) is 8.66. The van der Waals surface area contributed by atoms with Crippen molar-refractivity contribution in [3.8, 4) is 11.5 Å². The highest BCUT2D eigenvalue weighted by Gasteiger charge is 2.31. The minimum absolute atomic E-state index is 0.00740. The first-order valence-electron chi connectivity index (χ1n) is 15.3. The van der Waals surface area contributed by atoms with Crippen LogP contribution in [0.2, 0.25) is 0 Å². The number of sulfone groups is 1. The fourth-order valence-corrected chi connectivity index (χ4v) is 7.92. The van der Waals surface area contributed by atoms with Crippen LogP contribution in [0.15, 0.2) is 82.6 Å². The molecule has 48 heavy (non-hydrogen) atoms. The number of carbonyl (C=O) groups is 2. The predicted molar refractivity (Wildman–Crippen MR) is 190 cm³/mol. The molecule has 4 aromatic rings. The van der Waals surface area contributed by atoms with Crippen molar-refractivity contribution in [1.29, 1.82) is 0 Å². The summed E-state index contributed by atoms with van der Waals surface area (Å²) in [5.74, 6) is -2.41. The van der Waals surface area contributed by atoms with E-state index in [0.29, 0.717) is 22.3 Å². The molecule has 4 rings (SSSR count). The Bertz CT molecular complexity index is 1900. The summed E-state index contributed by atoms with van der Waals surface area (Å²) >= 11 is 1.60. The highest BCUT2D eigenvalue weighted by molar-refractivity contribution is 7.98. The van der Waals surface area contributed by atoms with Crippen LogP contribution >= 0.6 is 11.8 Å². The highest BCUT2D eigenvalue weighted by atomic mass is 32.2. The number of benzene rings is 4. The molecule has 0 fully saturated rings. The van der Waals surface area contributed by atoms with Crippen molar-refractivity contribution in [2.24, 2.45) is 0 Å². The third-order valence-electron chi connectivity index (χ3n) is 7.84. The molecular formula is C38H44O8S2. The van der Waals surface area contributed by atoms with Crippen LogP contribution in [-0.2, 0) is 32.2 Å². The molecule has 256 valence electrons. The third-order valence-corrected chi connectivity index (χ3v) is 10.9. The van der Waals surface area contributed by atoms with Crippen molar-refractivity contribution in [2.45, 2.75) is 87.5 Å². The fraction of sp³-hybridized carbons (Fsp3) is 0.316. The lowest BCUT2D eigenvalue weighted by molar-refractivity contribution is 0.0680. The van der Waals surface area contributed by atoms with Crippen LogP contribution in [0.3, 0.4) is 0 Å². The summed E-state index contributed by atoms with van der Waals surface area (Å²) in [6.45, 7) is 14.4. The van der Waals surface area contributed by atoms with E-state index >= 15 is 0 Å². The molecule has 0 aliphatic rings. The second-order valence-corrected chi connectivity index (χ2v) is 16.6. The first-order chi connectivity index (χ1) is 22.2. The number of carboxylic acid groups (broad SMARTS) is 2. The monoisotopic (exact) mass is 692 g/mol. The molecule has 4 aromatic carbocycles. The summed E-state index contributed by atoms with van der Waals surface area (Å²) in [4.78, 5) is 24.0. The number of rotatable bonds is 8. The van der Waals surface area contributed by atoms with Crippen LogP contribution < -0.4 is 0 Å². The van der Waals surface area contributed by atoms with Gasteiger partial charge in [0, 0.05) is 21.8 Å². The van der Waals surface area contributed by atoms with Crippen LogP contribution in [0.1, 0.15) is 95.6 Å². The van der Waals surface area contributed by atoms with E-state index in [-0.39, 0.29) is 44.3 Å². The summed E-state index contributed by atoms with van der Waals surface area (Å²) in [5, 5.41) is 39.7. The minimum atomic E-state index is -3.77. The molecule has 0 aliphatic carbocycles. The molecule has 0 radical (unpaired) electrons. The van der Waals surface area contributed by atoms with Crippen molar-refractivity contribution in [3.05, 3.63) is 117 Å². The maximum atomic E-state index is 12.9. The number of aromatic hydroxyl groups is 2. The molecule has 0 heterocycles. The van der Waals surface area contributed by atoms with E-state index in [1.807, 2.05) is 57.2 Å². The van der Waals surface area contributed by atoms with Crippen molar-refractivity contribution < 1.29 is 38.4 Å². The standard InChI is InChI=1S/C19H22O5S.C19H22O3S/c1-12-15(25(23,24)11-13-8-6-5-7-9-13)10-14(19(2,3)4)17(20)16(12)18(21)22;1-12-15(23-11-13-8-6-5-7-9-13)10-14(19(2,3)4)17(20)16(12)18(21)22/h5-10,20H,11H2,1-4H3,(H,21,22);5-10,20H,11H2,1-4H3,(H,21,22). The highest BCUT2D eigenvalue weighted by Crippen LogP contribution is 2.41. The first kappa shape index (κ1) is 38.2. The molecule has 0 aromatic heterocycles. The van der Waals surface area contributed by atoms with Gasteiger partial charge in [-0.05, 0) is 59.1 Å². The molecule has 0 aliphatic heterocycles. The van der Waals surface area contributed by atoms with E-state index in [9.17, 15) is 38.4 Å². The number of hydrogen-bond donors (Lipinski definition) is 4. The lowest BCUT2D eigenvalue weighted by atomic mass is 9.84. The van der Waals surface area contributed by atoms with Gasteiger partial charge in [0.05, 0.1) is 10.6 Å². The van der Waals surface area contributed by atoms with Gasteiger partial charge in [-0.3, -0.25) is 0 Å². The van der Waals surface area contributed by atoms with E-state index in [1.54, 1.807) is 69.8 Å². The molecule has 4 N–H and O–H groups in total. The van der Waals surface area contributed by atoms with Gasteiger partial charge in [0.1, 0.15) is 22.6 Å². The van der Waals surface area contributed by atoms with Crippen molar-refractivity contribution in [3.63, 3.8) is 0 Å². The third kappa shape index (κ3) is 8.99. The van der Waals surface area contributed by atoms with E-state index in [0.717, 1.165) is 10.6 Å². The normalized spacial score (nSPS) is 11.8. The molecule has 10 heteroatoms. The Kier molecular flexibility index (Phi) is 11.8. The largest absolute Gasteiger partial charge is 0.507 e. The Hall–Kier alpha value is -4.28. The average molecular weight is 693 g/mol. The van der Waals surface area contributed by atoms with Gasteiger partial charge in [0.15, 0.2) is 9.84 Å². The summed E-state index contributed by atoms with van der Waals surface area (Å²) < 4.78 is 25.8. The number of carboxylic acids is 2. The second-order valence-electron chi connectivity index (χ2n) is 13.7. The summed E-state index contributed by atoms with van der Waals surface area (Å²) in [7, 11) is -3.77. The van der Waals surface area contributed by atoms with Gasteiger partial charge in [0.2, 0.25) is 0 Å². The van der Waals surface area contributed by atoms with Gasteiger partial charge in [-0.2, -0.15) is 0 Å². The van der Waals surface area contributed by atoms with Gasteiger partial charge in [-0.25, -0.2) is 18.0 Å². The maximum Gasteiger partial charge on any atom is 0.339 e. The van der Waals surface area contributed by atoms with Crippen LogP contribution in [0.25, 0.3) is 0 Å². The maximum absolute atomic E-state index is 12.9. The number of hydrogen-bond acceptors (Lipinski definition) is 7. The number of phenols is 2. The topological polar surface area (TPSA) is 149 Å². The molecule has 0 spiro atoms. The fourth-order valence-electron chi connectivity index (χ4n) is 5.23. The van der Waals surface area contributed by atoms with Gasteiger partial charge >= 0.3 is 11.9 Å². The zero-order valence-electron chi connectivity index (χ0n) is 28.6. The lowest BCUT2D eigenvalue weighted by Crippen LogP contribution is -2.18. The Balaban J connectivity index is 0.000000261. The van der Waals surface area contributed by atoms with E-state index < -0.39 is 27.2 Å². The van der Waals surface area contributed by atoms with E-state index in [4.69, 9.17) is 0 Å². The molecule has 0 saturated carbocycles. The van der Waals surface area contributed by atoms with Crippen LogP contribution in [0, 0.1) is 13.8 Å². The molecular weight excluding hydrogens is 649 g/mol. The quantitative estimate of drug-likeness (QED) is 0.133. The van der Waals surface area contributed by atoms with Gasteiger partial charge < -0.3 is 20.4 Å². The second kappa shape index (κ2) is 14.9. The van der Waals surface area contributed by atoms with Crippen molar-refractivity contribution in [2.75, 3.05) is 0 Å². The van der Waals surface area contributed by atoms with E-state index in [1.165, 1.54) is 18.6 Å². The van der Waals surface area contributed by atoms with Crippen LogP contribution in [0.4, 0.5) is 0 Å². The average Bonchev–Trinajstić information content (AvgIpc) is 2.96. The minimum Gasteiger partial charge on any atom is -0.507 e. The zero-order chi connectivity index (χ0) is 36.2. The van der Waals surface area contributed by atoms with Crippen LogP contribution in [0.5, 0.6) is 11.5 Å². The molecule has 0 unspecified atom stereocenters. The van der Waals surface area contributed by atoms with Gasteiger partial charge in [-0.1, -0.05) is 102 Å². The summed E-state index contributed by atoms with van der Waals surface area (Å²) in [5.41, 5.74) is 2.12. The summed E-state index contributed by atoms with van der Waals surface area (Å²) in [6, 6.07) is 22.1. The van der Waals surface area contributed by atoms with Crippen molar-refractivity contribution >= 4 is 33.5 Å². The molecule has 0 saturated heterocycles. The zero-order valence-corrected chi connectivity index (χ0v) is 30.2. The Labute approximate surface area is 287 Å². The Morgan fingerprint density at radius 3 is 1.52 bits per heavy atom. The van der Waals surface area contributed by atoms with Gasteiger partial charge in [-0.15, -0.1) is 11.8 Å². The van der Waals surface area contributed by atoms with Gasteiger partial charge in [0.25, 0.3) is 0 Å². The van der Waals surface area contributed by atoms with E-state index in [2.05, 4.69) is 0 Å². The molecule has 0 atom stereocenters. The number of aromatic carboxylic acids is 2. The van der Waals surface area contributed by atoms with Crippen molar-refractivity contribution in [1.82, 2.24) is 0 Å². The molecule has 0 amide bonds. The molecule has 0 bridgehead atoms. The summed E-state index contributed by atoms with van der Waals surface area (Å²) in [6.07, 6.45) is 0. The number of thioether (sulfide) groups is 1. The lowest BCUT2D eigenvalue weighted by Gasteiger charge is -2.24. The smallest absolute Gasteiger partial charge is 0.339 e. The Morgan fingerprint density at radius 1 is 0.667 bits per heavy atom. The van der Waals surface area contributed by atoms with Crippen LogP contribution in [-0.4, -0.2) is 40.8 Å². The first-order valence-corrected chi connectivity index (χ1v) is 17.9. The SMILES string of the molecule is Cc1c(S(=O)(=O)Cc2ccccc2)cc(C(C)(C)C)c(O)c1C(=O)O.Cc1c(SCc2ccccc2)cc(C(C)(C)C)c(O)c1C(=O)O. The Morgan fingerprint density at radius 2 is 1.08 bits per heavy atom. The molecule has 8 nitrogen and oxygen atoms in total.